The predicted octanol–water partition coefficient (Wildman–Crippen LogP) is 3.38. The van der Waals surface area contributed by atoms with Crippen molar-refractivity contribution in [1.82, 2.24) is 4.90 Å². The lowest BCUT2D eigenvalue weighted by Crippen LogP contribution is -2.39. The Hall–Kier alpha value is -3.25. The Balaban J connectivity index is 2.35. The molecule has 166 valence electrons. The van der Waals surface area contributed by atoms with Gasteiger partial charge in [-0.3, -0.25) is 10.1 Å². The molecule has 3 N–H and O–H groups in total. The van der Waals surface area contributed by atoms with E-state index in [-0.39, 0.29) is 21.6 Å². The molecule has 0 spiro atoms. The van der Waals surface area contributed by atoms with Crippen molar-refractivity contribution in [2.24, 2.45) is 5.73 Å². The number of hydrogen-bond donors (Lipinski definition) is 2. The second-order valence-electron chi connectivity index (χ2n) is 7.57. The molecule has 0 unspecified atom stereocenters. The molecule has 0 aromatic heterocycles. The maximum Gasteiger partial charge on any atom is 0.413 e. The Kier molecular flexibility index (Phi) is 6.86. The number of benzene rings is 2. The highest BCUT2D eigenvalue weighted by atomic mass is 32.2. The topological polar surface area (TPSA) is 153 Å². The molecule has 0 aliphatic rings. The van der Waals surface area contributed by atoms with E-state index in [9.17, 15) is 23.3 Å². The zero-order chi connectivity index (χ0) is 23.6. The first-order valence-corrected chi connectivity index (χ1v) is 10.7. The van der Waals surface area contributed by atoms with Crippen LogP contribution in [0.15, 0.2) is 47.4 Å². The summed E-state index contributed by atoms with van der Waals surface area (Å²) < 4.78 is 30.2. The van der Waals surface area contributed by atoms with Crippen molar-refractivity contribution in [3.05, 3.63) is 63.7 Å². The molecule has 0 radical (unpaired) electrons. The standard InChI is InChI=1S/C19H21N3O7S2/c1-19(2,3)13-5-8-15(9-6-13)31(27,28)29-14-7-4-12(16(10-14)22(25)26)11-21(17(20)30)18(23)24/h4-10H,11H2,1-3H3,(H2,20,30)(H,23,24). The number of hydrogen-bond acceptors (Lipinski definition) is 7. The SMILES string of the molecule is CC(C)(C)c1ccc(S(=O)(=O)Oc2ccc(CN(C(=O)O)C(N)=S)c([N+](=O)[O-])c2)cc1. The summed E-state index contributed by atoms with van der Waals surface area (Å²) in [6.07, 6.45) is -1.48. The lowest BCUT2D eigenvalue weighted by molar-refractivity contribution is -0.385. The quantitative estimate of drug-likeness (QED) is 0.282. The van der Waals surface area contributed by atoms with E-state index < -0.39 is 38.5 Å². The number of nitro groups is 1. The maximum atomic E-state index is 12.6. The Labute approximate surface area is 184 Å². The number of thiocarbonyl (C=S) groups is 1. The average molecular weight is 468 g/mol. The van der Waals surface area contributed by atoms with Crippen molar-refractivity contribution in [1.29, 1.82) is 0 Å². The molecule has 0 bridgehead atoms. The van der Waals surface area contributed by atoms with Crippen LogP contribution in [0.4, 0.5) is 10.5 Å². The Morgan fingerprint density at radius 1 is 1.23 bits per heavy atom. The molecule has 0 saturated heterocycles. The van der Waals surface area contributed by atoms with Crippen molar-refractivity contribution in [2.45, 2.75) is 37.6 Å². The number of rotatable bonds is 6. The Bertz CT molecular complexity index is 1110. The molecule has 2 rings (SSSR count). The Morgan fingerprint density at radius 2 is 1.81 bits per heavy atom. The zero-order valence-corrected chi connectivity index (χ0v) is 18.6. The van der Waals surface area contributed by atoms with Gasteiger partial charge in [-0.15, -0.1) is 0 Å². The van der Waals surface area contributed by atoms with E-state index in [0.717, 1.165) is 11.6 Å². The molecule has 0 aliphatic carbocycles. The van der Waals surface area contributed by atoms with Gasteiger partial charge in [0.1, 0.15) is 10.6 Å². The molecule has 0 aliphatic heterocycles. The van der Waals surface area contributed by atoms with Crippen LogP contribution in [0.25, 0.3) is 0 Å². The number of nitrogens with two attached hydrogens (primary N) is 1. The van der Waals surface area contributed by atoms with E-state index >= 15 is 0 Å². The molecule has 10 nitrogen and oxygen atoms in total. The fourth-order valence-electron chi connectivity index (χ4n) is 2.61. The van der Waals surface area contributed by atoms with Gasteiger partial charge in [-0.25, -0.2) is 9.69 Å². The lowest BCUT2D eigenvalue weighted by Gasteiger charge is -2.19. The van der Waals surface area contributed by atoms with E-state index in [4.69, 9.17) is 15.0 Å². The van der Waals surface area contributed by atoms with Crippen molar-refractivity contribution in [3.8, 4) is 5.75 Å². The minimum absolute atomic E-state index is 0.0421. The van der Waals surface area contributed by atoms with Crippen LogP contribution in [0, 0.1) is 10.1 Å². The van der Waals surface area contributed by atoms with Crippen LogP contribution in [0.3, 0.4) is 0 Å². The van der Waals surface area contributed by atoms with E-state index in [1.165, 1.54) is 24.3 Å². The third-order valence-corrected chi connectivity index (χ3v) is 5.78. The molecule has 1 amide bonds. The van der Waals surface area contributed by atoms with Crippen LogP contribution in [0.2, 0.25) is 0 Å². The van der Waals surface area contributed by atoms with Gasteiger partial charge in [0, 0.05) is 0 Å². The van der Waals surface area contributed by atoms with Gasteiger partial charge in [-0.2, -0.15) is 8.42 Å². The highest BCUT2D eigenvalue weighted by Gasteiger charge is 2.24. The van der Waals surface area contributed by atoms with Crippen LogP contribution in [-0.2, 0) is 22.1 Å². The van der Waals surface area contributed by atoms with Crippen LogP contribution in [0.1, 0.15) is 31.9 Å². The highest BCUT2D eigenvalue weighted by Crippen LogP contribution is 2.29. The minimum Gasteiger partial charge on any atom is -0.465 e. The lowest BCUT2D eigenvalue weighted by atomic mass is 9.87. The van der Waals surface area contributed by atoms with E-state index in [1.54, 1.807) is 12.1 Å². The van der Waals surface area contributed by atoms with Crippen LogP contribution < -0.4 is 9.92 Å². The fourth-order valence-corrected chi connectivity index (χ4v) is 3.67. The smallest absolute Gasteiger partial charge is 0.413 e. The van der Waals surface area contributed by atoms with E-state index in [2.05, 4.69) is 12.2 Å². The molecule has 2 aromatic carbocycles. The van der Waals surface area contributed by atoms with Gasteiger partial charge in [0.25, 0.3) is 5.69 Å². The summed E-state index contributed by atoms with van der Waals surface area (Å²) in [6.45, 7) is 5.46. The summed E-state index contributed by atoms with van der Waals surface area (Å²) in [7, 11) is -4.25. The second-order valence-corrected chi connectivity index (χ2v) is 9.53. The van der Waals surface area contributed by atoms with E-state index in [0.29, 0.717) is 4.90 Å². The molecule has 31 heavy (non-hydrogen) atoms. The number of carbonyl (C=O) groups is 1. The summed E-state index contributed by atoms with van der Waals surface area (Å²) in [4.78, 5) is 22.3. The number of amides is 1. The number of nitro benzene ring substituents is 1. The van der Waals surface area contributed by atoms with Gasteiger partial charge in [0.05, 0.1) is 23.1 Å². The summed E-state index contributed by atoms with van der Waals surface area (Å²) in [5, 5.41) is 20.1. The maximum absolute atomic E-state index is 12.6. The van der Waals surface area contributed by atoms with Crippen molar-refractivity contribution < 1.29 is 27.4 Å². The number of carboxylic acid groups (broad SMARTS) is 1. The molecule has 0 heterocycles. The molecule has 0 fully saturated rings. The Morgan fingerprint density at radius 3 is 2.26 bits per heavy atom. The van der Waals surface area contributed by atoms with Crippen LogP contribution >= 0.6 is 12.2 Å². The molecular formula is C19H21N3O7S2. The molecule has 2 aromatic rings. The first kappa shape index (κ1) is 24.0. The molecular weight excluding hydrogens is 446 g/mol. The normalized spacial score (nSPS) is 11.6. The first-order valence-electron chi connectivity index (χ1n) is 8.84. The zero-order valence-electron chi connectivity index (χ0n) is 16.9. The largest absolute Gasteiger partial charge is 0.465 e. The third-order valence-electron chi connectivity index (χ3n) is 4.29. The van der Waals surface area contributed by atoms with Gasteiger partial charge in [-0.05, 0) is 47.5 Å². The van der Waals surface area contributed by atoms with Crippen LogP contribution in [0.5, 0.6) is 5.75 Å². The van der Waals surface area contributed by atoms with E-state index in [1.807, 2.05) is 20.8 Å². The summed E-state index contributed by atoms with van der Waals surface area (Å²) in [5.74, 6) is -0.299. The van der Waals surface area contributed by atoms with Gasteiger partial charge in [0.15, 0.2) is 5.11 Å². The summed E-state index contributed by atoms with van der Waals surface area (Å²) in [5.41, 5.74) is 5.50. The van der Waals surface area contributed by atoms with Crippen LogP contribution in [-0.4, -0.2) is 34.6 Å². The predicted molar refractivity (Wildman–Crippen MR) is 116 cm³/mol. The average Bonchev–Trinajstić information content (AvgIpc) is 2.65. The fraction of sp³-hybridized carbons (Fsp3) is 0.263. The minimum atomic E-state index is -4.25. The summed E-state index contributed by atoms with van der Waals surface area (Å²) >= 11 is 4.63. The summed E-state index contributed by atoms with van der Waals surface area (Å²) in [6, 6.07) is 9.38. The monoisotopic (exact) mass is 467 g/mol. The van der Waals surface area contributed by atoms with Crippen molar-refractivity contribution in [2.75, 3.05) is 0 Å². The van der Waals surface area contributed by atoms with Gasteiger partial charge < -0.3 is 15.0 Å². The molecule has 0 saturated carbocycles. The van der Waals surface area contributed by atoms with Gasteiger partial charge in [-0.1, -0.05) is 32.9 Å². The van der Waals surface area contributed by atoms with Crippen molar-refractivity contribution in [3.63, 3.8) is 0 Å². The highest BCUT2D eigenvalue weighted by molar-refractivity contribution is 7.87. The first-order chi connectivity index (χ1) is 14.2. The third kappa shape index (κ3) is 5.89. The molecule has 0 atom stereocenters. The second kappa shape index (κ2) is 8.86. The number of nitrogens with zero attached hydrogens (tertiary/aromatic N) is 2. The van der Waals surface area contributed by atoms with Gasteiger partial charge in [0.2, 0.25) is 0 Å². The van der Waals surface area contributed by atoms with Gasteiger partial charge >= 0.3 is 16.2 Å². The molecule has 12 heteroatoms. The van der Waals surface area contributed by atoms with Crippen molar-refractivity contribution >= 4 is 39.2 Å².